The topological polar surface area (TPSA) is 75.7 Å². The van der Waals surface area contributed by atoms with Crippen molar-refractivity contribution in [2.45, 2.75) is 6.54 Å². The maximum Gasteiger partial charge on any atom is 1.00 e. The van der Waals surface area contributed by atoms with Crippen molar-refractivity contribution in [1.29, 1.82) is 0 Å². The van der Waals surface area contributed by atoms with Gasteiger partial charge in [-0.2, -0.15) is 0 Å². The molecule has 8 heteroatoms. The van der Waals surface area contributed by atoms with E-state index in [4.69, 9.17) is 18.1 Å². The van der Waals surface area contributed by atoms with Crippen LogP contribution in [0.5, 0.6) is 0 Å². The van der Waals surface area contributed by atoms with Crippen molar-refractivity contribution in [3.05, 3.63) is 35.9 Å². The van der Waals surface area contributed by atoms with Gasteiger partial charge in [-0.05, 0) is 5.56 Å². The molecule has 1 heterocycles. The largest absolute Gasteiger partial charge is 1.00 e. The van der Waals surface area contributed by atoms with Crippen LogP contribution in [-0.4, -0.2) is 44.5 Å². The van der Waals surface area contributed by atoms with E-state index in [1.807, 2.05) is 0 Å². The first-order valence-electron chi connectivity index (χ1n) is 5.29. The molecule has 0 bridgehead atoms. The minimum absolute atomic E-state index is 0. The van der Waals surface area contributed by atoms with Crippen molar-refractivity contribution in [1.82, 2.24) is 4.90 Å². The Labute approximate surface area is 140 Å². The summed E-state index contributed by atoms with van der Waals surface area (Å²) in [5.41, 5.74) is 1.39. The third kappa shape index (κ3) is 11.9. The second kappa shape index (κ2) is 13.4. The van der Waals surface area contributed by atoms with E-state index in [0.717, 1.165) is 32.8 Å². The molecule has 0 aromatic heterocycles. The van der Waals surface area contributed by atoms with Crippen molar-refractivity contribution >= 4 is 11.4 Å². The third-order valence-corrected chi connectivity index (χ3v) is 2.35. The van der Waals surface area contributed by atoms with Crippen molar-refractivity contribution < 1.29 is 55.8 Å². The van der Waals surface area contributed by atoms with Crippen LogP contribution < -0.4 is 37.7 Å². The number of hydrogen-bond acceptors (Lipinski definition) is 5. The maximum absolute atomic E-state index is 8.44. The van der Waals surface area contributed by atoms with Crippen molar-refractivity contribution in [2.24, 2.45) is 0 Å². The van der Waals surface area contributed by atoms with Crippen molar-refractivity contribution in [3.63, 3.8) is 0 Å². The van der Waals surface area contributed by atoms with E-state index < -0.39 is 11.4 Å². The first-order valence-corrected chi connectivity index (χ1v) is 6.29. The summed E-state index contributed by atoms with van der Waals surface area (Å²) in [5.74, 6) is 0. The molecule has 19 heavy (non-hydrogen) atoms. The monoisotopic (exact) mass is 271 g/mol. The number of benzene rings is 1. The molecule has 1 fully saturated rings. The van der Waals surface area contributed by atoms with Gasteiger partial charge in [0.15, 0.2) is 0 Å². The molecule has 2 rings (SSSR count). The molecule has 1 saturated heterocycles. The summed E-state index contributed by atoms with van der Waals surface area (Å²) in [4.78, 5) is 2.43. The molecule has 1 aromatic carbocycles. The van der Waals surface area contributed by atoms with E-state index in [0.29, 0.717) is 0 Å². The van der Waals surface area contributed by atoms with Crippen LogP contribution >= 0.6 is 0 Å². The molecule has 0 amide bonds. The number of nitrogens with zero attached hydrogens (tertiary/aromatic N) is 1. The van der Waals surface area contributed by atoms with Gasteiger partial charge in [0.2, 0.25) is 0 Å². The van der Waals surface area contributed by atoms with E-state index >= 15 is 0 Å². The van der Waals surface area contributed by atoms with Crippen LogP contribution in [0.2, 0.25) is 0 Å². The van der Waals surface area contributed by atoms with Gasteiger partial charge in [-0.15, -0.1) is 11.4 Å². The zero-order valence-electron chi connectivity index (χ0n) is 11.4. The number of hydrogen-bond donors (Lipinski definition) is 0. The smallest absolute Gasteiger partial charge is 0.784 e. The van der Waals surface area contributed by atoms with Crippen molar-refractivity contribution in [2.75, 3.05) is 26.3 Å². The normalized spacial score (nSPS) is 14.7. The van der Waals surface area contributed by atoms with Crippen LogP contribution in [0.1, 0.15) is 5.56 Å². The zero-order valence-corrected chi connectivity index (χ0v) is 12.2. The van der Waals surface area contributed by atoms with Gasteiger partial charge in [-0.1, -0.05) is 30.3 Å². The van der Waals surface area contributed by atoms with Crippen LogP contribution in [0.15, 0.2) is 30.3 Å². The SMILES string of the molecule is O=S([O-])[O-].[Li+].[Li+].c1ccc(CN2CCOCC2)cc1. The van der Waals surface area contributed by atoms with Gasteiger partial charge in [0.25, 0.3) is 0 Å². The average molecular weight is 271 g/mol. The molecular weight excluding hydrogens is 256 g/mol. The van der Waals surface area contributed by atoms with Gasteiger partial charge in [-0.3, -0.25) is 9.11 Å². The fourth-order valence-corrected chi connectivity index (χ4v) is 1.60. The second-order valence-corrected chi connectivity index (χ2v) is 3.99. The van der Waals surface area contributed by atoms with Gasteiger partial charge in [-0.25, -0.2) is 0 Å². The standard InChI is InChI=1S/C11H15NO.2Li.H2O3S/c1-2-4-11(5-3-1)10-12-6-8-13-9-7-12;;;1-4(2)3/h1-5H,6-10H2;;;(H2,1,2,3)/q;2*+1;/p-2. The summed E-state index contributed by atoms with van der Waals surface area (Å²) in [7, 11) is 0. The van der Waals surface area contributed by atoms with Gasteiger partial charge in [0, 0.05) is 19.6 Å². The van der Waals surface area contributed by atoms with Gasteiger partial charge in [0.1, 0.15) is 0 Å². The summed E-state index contributed by atoms with van der Waals surface area (Å²) in [6.07, 6.45) is 0. The summed E-state index contributed by atoms with van der Waals surface area (Å²) in [5, 5.41) is 0. The van der Waals surface area contributed by atoms with E-state index in [-0.39, 0.29) is 37.7 Å². The van der Waals surface area contributed by atoms with Crippen LogP contribution in [0.25, 0.3) is 0 Å². The van der Waals surface area contributed by atoms with Crippen LogP contribution in [0, 0.1) is 0 Å². The molecule has 1 aliphatic rings. The van der Waals surface area contributed by atoms with Gasteiger partial charge < -0.3 is 13.8 Å². The number of morpholine rings is 1. The number of ether oxygens (including phenoxy) is 1. The molecule has 0 spiro atoms. The molecular formula is C11H15Li2NO4S. The quantitative estimate of drug-likeness (QED) is 0.396. The van der Waals surface area contributed by atoms with E-state index in [1.165, 1.54) is 5.56 Å². The molecule has 96 valence electrons. The molecule has 0 atom stereocenters. The zero-order chi connectivity index (χ0) is 12.5. The Balaban J connectivity index is 0. The fraction of sp³-hybridized carbons (Fsp3) is 0.455. The Morgan fingerprint density at radius 1 is 1.11 bits per heavy atom. The molecule has 0 aliphatic carbocycles. The maximum atomic E-state index is 8.44. The molecule has 5 nitrogen and oxygen atoms in total. The first-order chi connectivity index (χ1) is 8.18. The molecule has 1 aromatic rings. The summed E-state index contributed by atoms with van der Waals surface area (Å²) >= 11 is -3.11. The van der Waals surface area contributed by atoms with E-state index in [1.54, 1.807) is 0 Å². The molecule has 0 radical (unpaired) electrons. The minimum Gasteiger partial charge on any atom is -0.784 e. The average Bonchev–Trinajstić information content (AvgIpc) is 2.31. The van der Waals surface area contributed by atoms with E-state index in [9.17, 15) is 0 Å². The minimum atomic E-state index is -3.11. The summed E-state index contributed by atoms with van der Waals surface area (Å²) in [6.45, 7) is 4.95. The second-order valence-electron chi connectivity index (χ2n) is 3.58. The summed E-state index contributed by atoms with van der Waals surface area (Å²) in [6, 6.07) is 10.6. The predicted octanol–water partition coefficient (Wildman–Crippen LogP) is -5.48. The Hall–Kier alpha value is 0.405. The van der Waals surface area contributed by atoms with Crippen LogP contribution in [0.3, 0.4) is 0 Å². The molecule has 0 N–H and O–H groups in total. The Kier molecular flexibility index (Phi) is 15.3. The predicted molar refractivity (Wildman–Crippen MR) is 62.2 cm³/mol. The summed E-state index contributed by atoms with van der Waals surface area (Å²) < 4.78 is 30.6. The van der Waals surface area contributed by atoms with Crippen molar-refractivity contribution in [3.8, 4) is 0 Å². The molecule has 1 aliphatic heterocycles. The molecule has 0 unspecified atom stereocenters. The number of rotatable bonds is 2. The third-order valence-electron chi connectivity index (χ3n) is 2.35. The fourth-order valence-electron chi connectivity index (χ4n) is 1.60. The Morgan fingerprint density at radius 3 is 2.05 bits per heavy atom. The van der Waals surface area contributed by atoms with Gasteiger partial charge in [0.05, 0.1) is 13.2 Å². The first kappa shape index (κ1) is 21.7. The Morgan fingerprint density at radius 2 is 1.58 bits per heavy atom. The van der Waals surface area contributed by atoms with Crippen LogP contribution in [-0.2, 0) is 22.6 Å². The Bertz CT molecular complexity index is 333. The van der Waals surface area contributed by atoms with Gasteiger partial charge >= 0.3 is 37.7 Å². The molecule has 0 saturated carbocycles. The van der Waals surface area contributed by atoms with E-state index in [2.05, 4.69) is 35.2 Å². The van der Waals surface area contributed by atoms with Crippen LogP contribution in [0.4, 0.5) is 0 Å².